The minimum absolute atomic E-state index is 0.000106. The van der Waals surface area contributed by atoms with Crippen molar-refractivity contribution in [1.29, 1.82) is 0 Å². The van der Waals surface area contributed by atoms with E-state index < -0.39 is 18.5 Å². The van der Waals surface area contributed by atoms with Crippen molar-refractivity contribution < 1.29 is 23.9 Å². The Labute approximate surface area is 223 Å². The Kier molecular flexibility index (Phi) is 7.02. The summed E-state index contributed by atoms with van der Waals surface area (Å²) in [6, 6.07) is 9.97. The Morgan fingerprint density at radius 2 is 1.95 bits per heavy atom. The molecular weight excluding hydrogens is 503 g/mol. The first kappa shape index (κ1) is 26.3. The van der Waals surface area contributed by atoms with Gasteiger partial charge in [0.2, 0.25) is 17.5 Å². The molecule has 0 radical (unpaired) electrons. The Hall–Kier alpha value is -4.35. The minimum Gasteiger partial charge on any atom is -0.393 e. The van der Waals surface area contributed by atoms with E-state index in [4.69, 9.17) is 9.63 Å². The van der Waals surface area contributed by atoms with Crippen molar-refractivity contribution in [3.05, 3.63) is 77.5 Å². The predicted molar refractivity (Wildman–Crippen MR) is 140 cm³/mol. The van der Waals surface area contributed by atoms with Crippen LogP contribution in [0.25, 0.3) is 33.8 Å². The van der Waals surface area contributed by atoms with Crippen LogP contribution < -0.4 is 0 Å². The summed E-state index contributed by atoms with van der Waals surface area (Å²) in [7, 11) is 0. The predicted octanol–water partition coefficient (Wildman–Crippen LogP) is 4.35. The largest absolute Gasteiger partial charge is 0.393 e. The summed E-state index contributed by atoms with van der Waals surface area (Å²) in [5.74, 6) is 0.0844. The highest BCUT2D eigenvalue weighted by atomic mass is 19.1. The highest BCUT2D eigenvalue weighted by Gasteiger charge is 2.24. The summed E-state index contributed by atoms with van der Waals surface area (Å²) in [6.07, 6.45) is 2.30. The molecule has 0 saturated heterocycles. The highest BCUT2D eigenvalue weighted by molar-refractivity contribution is 5.93. The fourth-order valence-electron chi connectivity index (χ4n) is 4.04. The molecule has 0 amide bonds. The van der Waals surface area contributed by atoms with Crippen LogP contribution >= 0.6 is 0 Å². The van der Waals surface area contributed by atoms with Crippen molar-refractivity contribution in [3.63, 3.8) is 0 Å². The number of Topliss-reactive ketones (excluding diaryl/α,β-unsaturated/α-hetero) is 1. The van der Waals surface area contributed by atoms with Gasteiger partial charge in [0.15, 0.2) is 11.5 Å². The number of halogens is 1. The van der Waals surface area contributed by atoms with E-state index >= 15 is 4.39 Å². The standard InChI is InChI=1S/C28H27FN6O4/c1-28(2,3)27-34-25(35-39-27)21(37)9-7-15-4-5-16(12-19(15)29)18-10-11-30-26-23(18)32-24(33-26)20-8-6-17(13-31-20)22(38)14-36/h4-6,8,10-13,22,36,38H,7,9,14H2,1-3H3,(H,30,32,33). The number of aromatic nitrogens is 6. The summed E-state index contributed by atoms with van der Waals surface area (Å²) in [6.45, 7) is 5.33. The van der Waals surface area contributed by atoms with Gasteiger partial charge >= 0.3 is 0 Å². The van der Waals surface area contributed by atoms with Crippen LogP contribution in [-0.4, -0.2) is 52.7 Å². The lowest BCUT2D eigenvalue weighted by Gasteiger charge is -2.10. The molecule has 0 bridgehead atoms. The first-order valence-corrected chi connectivity index (χ1v) is 12.4. The van der Waals surface area contributed by atoms with E-state index in [0.29, 0.717) is 50.8 Å². The van der Waals surface area contributed by atoms with Crippen LogP contribution in [0.5, 0.6) is 0 Å². The third-order valence-corrected chi connectivity index (χ3v) is 6.28. The third kappa shape index (κ3) is 5.45. The van der Waals surface area contributed by atoms with Gasteiger partial charge in [0, 0.05) is 35.4 Å². The molecule has 11 heteroatoms. The van der Waals surface area contributed by atoms with E-state index in [2.05, 4.69) is 30.1 Å². The van der Waals surface area contributed by atoms with Gasteiger partial charge < -0.3 is 19.7 Å². The molecular formula is C28H27FN6O4. The van der Waals surface area contributed by atoms with Gasteiger partial charge in [-0.2, -0.15) is 4.98 Å². The molecule has 0 saturated carbocycles. The van der Waals surface area contributed by atoms with Gasteiger partial charge in [-0.15, -0.1) is 0 Å². The number of H-pyrrole nitrogens is 1. The van der Waals surface area contributed by atoms with Crippen molar-refractivity contribution in [2.24, 2.45) is 0 Å². The van der Waals surface area contributed by atoms with Crippen LogP contribution in [0, 0.1) is 5.82 Å². The fourth-order valence-corrected chi connectivity index (χ4v) is 4.04. The first-order valence-electron chi connectivity index (χ1n) is 12.4. The lowest BCUT2D eigenvalue weighted by Crippen LogP contribution is -2.12. The molecule has 0 fully saturated rings. The van der Waals surface area contributed by atoms with E-state index in [0.717, 1.165) is 0 Å². The molecule has 5 aromatic rings. The number of imidazole rings is 1. The second-order valence-corrected chi connectivity index (χ2v) is 10.2. The lowest BCUT2D eigenvalue weighted by molar-refractivity contribution is 0.0953. The van der Waals surface area contributed by atoms with Crippen molar-refractivity contribution in [2.75, 3.05) is 6.61 Å². The molecule has 0 spiro atoms. The zero-order valence-corrected chi connectivity index (χ0v) is 21.6. The zero-order chi connectivity index (χ0) is 27.7. The maximum absolute atomic E-state index is 15.1. The number of hydrogen-bond donors (Lipinski definition) is 3. The van der Waals surface area contributed by atoms with Crippen molar-refractivity contribution in [2.45, 2.75) is 45.1 Å². The Bertz CT molecular complexity index is 1640. The third-order valence-electron chi connectivity index (χ3n) is 6.28. The van der Waals surface area contributed by atoms with Crippen molar-refractivity contribution in [1.82, 2.24) is 30.1 Å². The monoisotopic (exact) mass is 530 g/mol. The van der Waals surface area contributed by atoms with E-state index in [1.165, 1.54) is 12.3 Å². The van der Waals surface area contributed by atoms with Crippen molar-refractivity contribution in [3.8, 4) is 22.6 Å². The van der Waals surface area contributed by atoms with Crippen LogP contribution in [0.4, 0.5) is 4.39 Å². The number of benzene rings is 1. The highest BCUT2D eigenvalue weighted by Crippen LogP contribution is 2.30. The van der Waals surface area contributed by atoms with E-state index in [1.54, 1.807) is 36.5 Å². The Morgan fingerprint density at radius 3 is 2.62 bits per heavy atom. The van der Waals surface area contributed by atoms with Crippen LogP contribution in [0.2, 0.25) is 0 Å². The summed E-state index contributed by atoms with van der Waals surface area (Å²) >= 11 is 0. The smallest absolute Gasteiger partial charge is 0.238 e. The molecule has 10 nitrogen and oxygen atoms in total. The number of fused-ring (bicyclic) bond motifs is 1. The van der Waals surface area contributed by atoms with E-state index in [-0.39, 0.29) is 29.9 Å². The maximum atomic E-state index is 15.1. The number of aliphatic hydroxyl groups excluding tert-OH is 2. The SMILES string of the molecule is CC(C)(C)c1nc(C(=O)CCc2ccc(-c3ccnc4nc(-c5ccc(C(O)CO)cn5)[nH]c34)cc2F)no1. The van der Waals surface area contributed by atoms with Crippen LogP contribution in [0.1, 0.15) is 60.9 Å². The fraction of sp³-hybridized carbons (Fsp3) is 0.286. The number of carbonyl (C=O) groups excluding carboxylic acids is 1. The lowest BCUT2D eigenvalue weighted by atomic mass is 9.97. The summed E-state index contributed by atoms with van der Waals surface area (Å²) in [4.78, 5) is 33.1. The second-order valence-electron chi connectivity index (χ2n) is 10.2. The second kappa shape index (κ2) is 10.4. The van der Waals surface area contributed by atoms with Crippen molar-refractivity contribution >= 4 is 16.9 Å². The van der Waals surface area contributed by atoms with Gasteiger partial charge in [0.25, 0.3) is 0 Å². The molecule has 0 aliphatic rings. The van der Waals surface area contributed by atoms with Gasteiger partial charge in [-0.05, 0) is 35.7 Å². The van der Waals surface area contributed by atoms with Gasteiger partial charge in [-0.1, -0.05) is 44.1 Å². The molecule has 1 aromatic carbocycles. The summed E-state index contributed by atoms with van der Waals surface area (Å²) in [5.41, 5.74) is 3.41. The molecule has 4 heterocycles. The topological polar surface area (TPSA) is 151 Å². The molecule has 0 aliphatic carbocycles. The van der Waals surface area contributed by atoms with E-state index in [1.807, 2.05) is 20.8 Å². The number of nitrogens with one attached hydrogen (secondary N) is 1. The van der Waals surface area contributed by atoms with Gasteiger partial charge in [0.05, 0.1) is 12.1 Å². The normalized spacial score (nSPS) is 12.7. The number of carbonyl (C=O) groups is 1. The minimum atomic E-state index is -1.01. The number of ketones is 1. The number of pyridine rings is 2. The number of aliphatic hydroxyl groups is 2. The average molecular weight is 531 g/mol. The summed E-state index contributed by atoms with van der Waals surface area (Å²) < 4.78 is 20.3. The number of aromatic amines is 1. The van der Waals surface area contributed by atoms with Gasteiger partial charge in [-0.3, -0.25) is 9.78 Å². The average Bonchev–Trinajstić information content (AvgIpc) is 3.60. The maximum Gasteiger partial charge on any atom is 0.238 e. The Morgan fingerprint density at radius 1 is 1.13 bits per heavy atom. The quantitative estimate of drug-likeness (QED) is 0.249. The van der Waals surface area contributed by atoms with Crippen LogP contribution in [0.15, 0.2) is 53.3 Å². The first-order chi connectivity index (χ1) is 18.6. The molecule has 200 valence electrons. The molecule has 4 aromatic heterocycles. The number of rotatable bonds is 8. The number of nitrogens with zero attached hydrogens (tertiary/aromatic N) is 5. The molecule has 0 aliphatic heterocycles. The molecule has 39 heavy (non-hydrogen) atoms. The van der Waals surface area contributed by atoms with Gasteiger partial charge in [0.1, 0.15) is 17.6 Å². The molecule has 1 atom stereocenters. The molecule has 5 rings (SSSR count). The number of hydrogen-bond acceptors (Lipinski definition) is 9. The molecule has 1 unspecified atom stereocenters. The van der Waals surface area contributed by atoms with Gasteiger partial charge in [-0.25, -0.2) is 14.4 Å². The number of aryl methyl sites for hydroxylation is 1. The summed E-state index contributed by atoms with van der Waals surface area (Å²) in [5, 5.41) is 22.7. The van der Waals surface area contributed by atoms with Crippen LogP contribution in [-0.2, 0) is 11.8 Å². The van der Waals surface area contributed by atoms with Crippen LogP contribution in [0.3, 0.4) is 0 Å². The Balaban J connectivity index is 1.35. The zero-order valence-electron chi connectivity index (χ0n) is 21.6. The molecule has 3 N–H and O–H groups in total. The van der Waals surface area contributed by atoms with E-state index in [9.17, 15) is 9.90 Å².